The van der Waals surface area contributed by atoms with E-state index in [0.29, 0.717) is 0 Å². The fourth-order valence-corrected chi connectivity index (χ4v) is 2.39. The molecule has 6 heteroatoms. The lowest BCUT2D eigenvalue weighted by Crippen LogP contribution is -2.64. The van der Waals surface area contributed by atoms with Gasteiger partial charge in [-0.05, 0) is 6.92 Å². The highest BCUT2D eigenvalue weighted by molar-refractivity contribution is 6.10. The topological polar surface area (TPSA) is 94.9 Å². The van der Waals surface area contributed by atoms with E-state index in [1.165, 1.54) is 6.92 Å². The zero-order chi connectivity index (χ0) is 11.3. The third kappa shape index (κ3) is 1.18. The van der Waals surface area contributed by atoms with Crippen LogP contribution in [0.5, 0.6) is 0 Å². The van der Waals surface area contributed by atoms with Gasteiger partial charge in [-0.3, -0.25) is 9.59 Å². The number of aliphatic carboxylic acids is 1. The van der Waals surface area contributed by atoms with Gasteiger partial charge in [0.15, 0.2) is 11.8 Å². The number of fused-ring (bicyclic) bond motifs is 1. The van der Waals surface area contributed by atoms with E-state index >= 15 is 0 Å². The number of carbonyl (C=O) groups is 3. The van der Waals surface area contributed by atoms with E-state index in [4.69, 9.17) is 5.11 Å². The maximum Gasteiger partial charge on any atom is 0.334 e. The number of β-lactam (4-membered cyclic amide) rings is 1. The smallest absolute Gasteiger partial charge is 0.334 e. The summed E-state index contributed by atoms with van der Waals surface area (Å²) in [6.45, 7) is 1.47. The van der Waals surface area contributed by atoms with Crippen LogP contribution in [0.2, 0.25) is 0 Å². The summed E-state index contributed by atoms with van der Waals surface area (Å²) in [5, 5.41) is 18.1. The molecule has 2 fully saturated rings. The zero-order valence-electron chi connectivity index (χ0n) is 8.08. The molecule has 6 nitrogen and oxygen atoms in total. The molecule has 0 spiro atoms. The molecule has 15 heavy (non-hydrogen) atoms. The lowest BCUT2D eigenvalue weighted by Gasteiger charge is -2.44. The first-order valence-corrected chi connectivity index (χ1v) is 4.71. The number of nitrogens with zero attached hydrogens (tertiary/aromatic N) is 1. The standard InChI is InChI=1S/C9H11NO5/c1-3(11)6-4-2-5(12)7(9(14)15)10(4)8(6)13/h3-4,6-7,11H,2H2,1H3,(H,14,15)/t3-,4-,6?,7?/m1/s1. The lowest BCUT2D eigenvalue weighted by molar-refractivity contribution is -0.170. The molecule has 1 amide bonds. The van der Waals surface area contributed by atoms with Crippen LogP contribution in [0.15, 0.2) is 0 Å². The van der Waals surface area contributed by atoms with Gasteiger partial charge in [-0.15, -0.1) is 0 Å². The summed E-state index contributed by atoms with van der Waals surface area (Å²) in [5.74, 6) is -2.80. The fraction of sp³-hybridized carbons (Fsp3) is 0.667. The van der Waals surface area contributed by atoms with Crippen LogP contribution in [0.4, 0.5) is 0 Å². The first-order valence-electron chi connectivity index (χ1n) is 4.71. The average molecular weight is 213 g/mol. The van der Waals surface area contributed by atoms with Crippen molar-refractivity contribution in [2.24, 2.45) is 5.92 Å². The third-order valence-electron chi connectivity index (χ3n) is 3.06. The number of amides is 1. The first kappa shape index (κ1) is 10.1. The highest BCUT2D eigenvalue weighted by Crippen LogP contribution is 2.39. The van der Waals surface area contributed by atoms with E-state index in [-0.39, 0.29) is 6.42 Å². The van der Waals surface area contributed by atoms with Gasteiger partial charge in [0.1, 0.15) is 0 Å². The molecule has 0 aromatic heterocycles. The predicted octanol–water partition coefficient (Wildman–Crippen LogP) is -1.38. The Bertz CT molecular complexity index is 350. The average Bonchev–Trinajstić information content (AvgIpc) is 2.38. The lowest BCUT2D eigenvalue weighted by atomic mass is 9.84. The summed E-state index contributed by atoms with van der Waals surface area (Å²) in [6, 6.07) is -1.76. The maximum atomic E-state index is 11.5. The second-order valence-corrected chi connectivity index (χ2v) is 3.99. The molecule has 0 aliphatic carbocycles. The Balaban J connectivity index is 2.23. The van der Waals surface area contributed by atoms with E-state index in [9.17, 15) is 19.5 Å². The largest absolute Gasteiger partial charge is 0.479 e. The van der Waals surface area contributed by atoms with Crippen molar-refractivity contribution in [1.29, 1.82) is 0 Å². The van der Waals surface area contributed by atoms with Crippen molar-refractivity contribution in [3.63, 3.8) is 0 Å². The summed E-state index contributed by atoms with van der Waals surface area (Å²) in [7, 11) is 0. The number of aliphatic hydroxyl groups is 1. The minimum Gasteiger partial charge on any atom is -0.479 e. The molecule has 4 atom stereocenters. The summed E-state index contributed by atoms with van der Waals surface area (Å²) < 4.78 is 0. The van der Waals surface area contributed by atoms with Crippen molar-refractivity contribution in [2.45, 2.75) is 31.5 Å². The second-order valence-electron chi connectivity index (χ2n) is 3.99. The predicted molar refractivity (Wildman–Crippen MR) is 46.9 cm³/mol. The first-order chi connectivity index (χ1) is 6.95. The van der Waals surface area contributed by atoms with Gasteiger partial charge in [-0.1, -0.05) is 0 Å². The van der Waals surface area contributed by atoms with E-state index in [1.807, 2.05) is 0 Å². The minimum absolute atomic E-state index is 0.0400. The summed E-state index contributed by atoms with van der Waals surface area (Å²) in [6.07, 6.45) is -0.794. The minimum atomic E-state index is -1.34. The van der Waals surface area contributed by atoms with Crippen molar-refractivity contribution in [3.8, 4) is 0 Å². The van der Waals surface area contributed by atoms with Crippen LogP contribution in [0.1, 0.15) is 13.3 Å². The summed E-state index contributed by atoms with van der Waals surface area (Å²) >= 11 is 0. The molecule has 2 aliphatic heterocycles. The molecule has 0 aromatic rings. The van der Waals surface area contributed by atoms with Crippen LogP contribution in [0, 0.1) is 5.92 Å². The number of carboxylic acids is 1. The van der Waals surface area contributed by atoms with E-state index in [2.05, 4.69) is 0 Å². The molecule has 0 aromatic carbocycles. The Labute approximate surface area is 85.5 Å². The number of ketones is 1. The normalized spacial score (nSPS) is 36.1. The van der Waals surface area contributed by atoms with Crippen LogP contribution in [-0.2, 0) is 14.4 Å². The molecule has 2 rings (SSSR count). The molecule has 0 saturated carbocycles. The Morgan fingerprint density at radius 1 is 1.53 bits per heavy atom. The van der Waals surface area contributed by atoms with Crippen molar-refractivity contribution in [2.75, 3.05) is 0 Å². The number of carbonyl (C=O) groups excluding carboxylic acids is 2. The van der Waals surface area contributed by atoms with E-state index < -0.39 is 41.8 Å². The van der Waals surface area contributed by atoms with Gasteiger partial charge in [0.05, 0.1) is 18.1 Å². The molecule has 2 heterocycles. The molecule has 2 N–H and O–H groups in total. The van der Waals surface area contributed by atoms with Crippen LogP contribution in [0.3, 0.4) is 0 Å². The van der Waals surface area contributed by atoms with Gasteiger partial charge in [0, 0.05) is 6.42 Å². The molecular formula is C9H11NO5. The Morgan fingerprint density at radius 3 is 2.60 bits per heavy atom. The summed E-state index contributed by atoms with van der Waals surface area (Å²) in [5.41, 5.74) is 0. The van der Waals surface area contributed by atoms with Crippen LogP contribution in [-0.4, -0.2) is 51.0 Å². The van der Waals surface area contributed by atoms with Crippen LogP contribution in [0.25, 0.3) is 0 Å². The van der Waals surface area contributed by atoms with Crippen LogP contribution < -0.4 is 0 Å². The van der Waals surface area contributed by atoms with Gasteiger partial charge in [0.25, 0.3) is 0 Å². The number of hydrogen-bond donors (Lipinski definition) is 2. The van der Waals surface area contributed by atoms with Crippen molar-refractivity contribution in [3.05, 3.63) is 0 Å². The number of Topliss-reactive ketones (excluding diaryl/α,β-unsaturated/α-hetero) is 1. The number of hydrogen-bond acceptors (Lipinski definition) is 4. The fourth-order valence-electron chi connectivity index (χ4n) is 2.39. The van der Waals surface area contributed by atoms with Crippen molar-refractivity contribution < 1.29 is 24.6 Å². The van der Waals surface area contributed by atoms with Gasteiger partial charge >= 0.3 is 5.97 Å². The van der Waals surface area contributed by atoms with Gasteiger partial charge < -0.3 is 15.1 Å². The molecule has 2 unspecified atom stereocenters. The molecule has 82 valence electrons. The van der Waals surface area contributed by atoms with Gasteiger partial charge in [-0.25, -0.2) is 4.79 Å². The quantitative estimate of drug-likeness (QED) is 0.435. The van der Waals surface area contributed by atoms with Crippen LogP contribution >= 0.6 is 0 Å². The molecular weight excluding hydrogens is 202 g/mol. The number of carboxylic acid groups (broad SMARTS) is 1. The molecule has 2 saturated heterocycles. The SMILES string of the molecule is C[C@@H](O)C1C(=O)N2C(C(=O)O)C(=O)C[C@H]12. The Morgan fingerprint density at radius 2 is 2.13 bits per heavy atom. The summed E-state index contributed by atoms with van der Waals surface area (Å²) in [4.78, 5) is 34.6. The van der Waals surface area contributed by atoms with Gasteiger partial charge in [0.2, 0.25) is 5.91 Å². The maximum absolute atomic E-state index is 11.5. The highest BCUT2D eigenvalue weighted by Gasteiger charge is 2.60. The zero-order valence-corrected chi connectivity index (χ0v) is 8.08. The molecule has 2 aliphatic rings. The second kappa shape index (κ2) is 3.03. The Kier molecular flexibility index (Phi) is 2.04. The third-order valence-corrected chi connectivity index (χ3v) is 3.06. The Hall–Kier alpha value is -1.43. The monoisotopic (exact) mass is 213 g/mol. The van der Waals surface area contributed by atoms with E-state index in [1.54, 1.807) is 0 Å². The van der Waals surface area contributed by atoms with Crippen molar-refractivity contribution >= 4 is 17.7 Å². The highest BCUT2D eigenvalue weighted by atomic mass is 16.4. The molecule has 0 radical (unpaired) electrons. The van der Waals surface area contributed by atoms with Crippen molar-refractivity contribution in [1.82, 2.24) is 4.90 Å². The van der Waals surface area contributed by atoms with E-state index in [0.717, 1.165) is 4.90 Å². The van der Waals surface area contributed by atoms with Gasteiger partial charge in [-0.2, -0.15) is 0 Å². The number of rotatable bonds is 2. The molecule has 0 bridgehead atoms. The number of aliphatic hydroxyl groups excluding tert-OH is 1.